The topological polar surface area (TPSA) is 45.5 Å². The van der Waals surface area contributed by atoms with Crippen molar-refractivity contribution in [2.75, 3.05) is 0 Å². The van der Waals surface area contributed by atoms with Crippen molar-refractivity contribution in [2.24, 2.45) is 5.16 Å². The molecule has 0 aliphatic rings. The van der Waals surface area contributed by atoms with Gasteiger partial charge in [-0.2, -0.15) is 4.39 Å². The molecule has 0 aliphatic heterocycles. The van der Waals surface area contributed by atoms with Gasteiger partial charge in [-0.3, -0.25) is 0 Å². The molecule has 1 aromatic rings. The SMILES string of the molecule is O/N=C\c1cc(Br)cnc1F. The fourth-order valence-corrected chi connectivity index (χ4v) is 0.940. The van der Waals surface area contributed by atoms with Gasteiger partial charge in [0.25, 0.3) is 0 Å². The lowest BCUT2D eigenvalue weighted by molar-refractivity contribution is 0.321. The van der Waals surface area contributed by atoms with Gasteiger partial charge in [-0.15, -0.1) is 0 Å². The van der Waals surface area contributed by atoms with Gasteiger partial charge in [0.1, 0.15) is 0 Å². The van der Waals surface area contributed by atoms with Gasteiger partial charge < -0.3 is 5.21 Å². The fourth-order valence-electron chi connectivity index (χ4n) is 0.591. The van der Waals surface area contributed by atoms with E-state index in [1.165, 1.54) is 12.3 Å². The van der Waals surface area contributed by atoms with Crippen molar-refractivity contribution >= 4 is 22.1 Å². The normalized spacial score (nSPS) is 10.7. The second-order valence-corrected chi connectivity index (χ2v) is 2.69. The van der Waals surface area contributed by atoms with Gasteiger partial charge in [0.05, 0.1) is 11.8 Å². The first kappa shape index (κ1) is 8.13. The van der Waals surface area contributed by atoms with Crippen LogP contribution < -0.4 is 0 Å². The van der Waals surface area contributed by atoms with Crippen LogP contribution in [0.3, 0.4) is 0 Å². The molecular formula is C6H4BrFN2O. The molecule has 0 aromatic carbocycles. The van der Waals surface area contributed by atoms with E-state index in [9.17, 15) is 4.39 Å². The number of hydrogen-bond donors (Lipinski definition) is 1. The highest BCUT2D eigenvalue weighted by molar-refractivity contribution is 9.10. The number of oxime groups is 1. The number of halogens is 2. The van der Waals surface area contributed by atoms with Crippen molar-refractivity contribution in [3.05, 3.63) is 28.2 Å². The van der Waals surface area contributed by atoms with E-state index in [0.29, 0.717) is 4.47 Å². The molecule has 0 atom stereocenters. The lowest BCUT2D eigenvalue weighted by Gasteiger charge is -1.93. The zero-order valence-corrected chi connectivity index (χ0v) is 6.92. The number of pyridine rings is 1. The van der Waals surface area contributed by atoms with Crippen LogP contribution in [0.4, 0.5) is 4.39 Å². The maximum atomic E-state index is 12.6. The van der Waals surface area contributed by atoms with E-state index in [2.05, 4.69) is 26.1 Å². The van der Waals surface area contributed by atoms with Crippen molar-refractivity contribution in [2.45, 2.75) is 0 Å². The smallest absolute Gasteiger partial charge is 0.221 e. The Labute approximate surface area is 70.7 Å². The number of hydrogen-bond acceptors (Lipinski definition) is 3. The molecule has 0 bridgehead atoms. The molecule has 3 nitrogen and oxygen atoms in total. The molecule has 0 saturated heterocycles. The molecule has 0 aliphatic carbocycles. The first-order valence-electron chi connectivity index (χ1n) is 2.72. The van der Waals surface area contributed by atoms with Gasteiger partial charge in [-0.25, -0.2) is 4.98 Å². The molecule has 1 N–H and O–H groups in total. The predicted molar refractivity (Wildman–Crippen MR) is 41.3 cm³/mol. The fraction of sp³-hybridized carbons (Fsp3) is 0. The minimum absolute atomic E-state index is 0.141. The average molecular weight is 219 g/mol. The summed E-state index contributed by atoms with van der Waals surface area (Å²) in [5.74, 6) is -0.661. The lowest BCUT2D eigenvalue weighted by Crippen LogP contribution is -1.91. The van der Waals surface area contributed by atoms with Gasteiger partial charge in [-0.05, 0) is 22.0 Å². The van der Waals surface area contributed by atoms with Gasteiger partial charge in [0.2, 0.25) is 5.95 Å². The lowest BCUT2D eigenvalue weighted by atomic mass is 10.3. The van der Waals surface area contributed by atoms with E-state index in [1.807, 2.05) is 0 Å². The Hall–Kier alpha value is -0.970. The molecule has 0 spiro atoms. The summed E-state index contributed by atoms with van der Waals surface area (Å²) in [5, 5.41) is 10.8. The molecule has 1 aromatic heterocycles. The first-order chi connectivity index (χ1) is 5.24. The van der Waals surface area contributed by atoms with E-state index in [1.54, 1.807) is 0 Å². The Bertz CT molecular complexity index is 290. The van der Waals surface area contributed by atoms with Crippen molar-refractivity contribution in [3.63, 3.8) is 0 Å². The highest BCUT2D eigenvalue weighted by Gasteiger charge is 2.00. The molecule has 0 saturated carbocycles. The van der Waals surface area contributed by atoms with Crippen LogP contribution in [0.25, 0.3) is 0 Å². The summed E-state index contributed by atoms with van der Waals surface area (Å²) in [6.07, 6.45) is 2.30. The Balaban J connectivity index is 3.12. The van der Waals surface area contributed by atoms with Gasteiger partial charge in [0.15, 0.2) is 0 Å². The molecule has 0 amide bonds. The zero-order valence-electron chi connectivity index (χ0n) is 5.33. The molecule has 1 rings (SSSR count). The maximum Gasteiger partial charge on any atom is 0.221 e. The van der Waals surface area contributed by atoms with Crippen LogP contribution in [0.2, 0.25) is 0 Å². The van der Waals surface area contributed by atoms with Crippen LogP contribution in [0.5, 0.6) is 0 Å². The number of aromatic nitrogens is 1. The van der Waals surface area contributed by atoms with Crippen molar-refractivity contribution in [1.29, 1.82) is 0 Å². The summed E-state index contributed by atoms with van der Waals surface area (Å²) in [6.45, 7) is 0. The van der Waals surface area contributed by atoms with Crippen LogP contribution in [-0.2, 0) is 0 Å². The standard InChI is InChI=1S/C6H4BrFN2O/c7-5-1-4(2-10-11)6(8)9-3-5/h1-3,11H/b10-2-. The van der Waals surface area contributed by atoms with Crippen LogP contribution in [0.15, 0.2) is 21.9 Å². The zero-order chi connectivity index (χ0) is 8.27. The van der Waals surface area contributed by atoms with Crippen LogP contribution in [0, 0.1) is 5.95 Å². The Kier molecular flexibility index (Phi) is 2.53. The Morgan fingerprint density at radius 3 is 3.09 bits per heavy atom. The largest absolute Gasteiger partial charge is 0.411 e. The number of rotatable bonds is 1. The van der Waals surface area contributed by atoms with Crippen LogP contribution >= 0.6 is 15.9 Å². The van der Waals surface area contributed by atoms with E-state index in [4.69, 9.17) is 5.21 Å². The summed E-state index contributed by atoms with van der Waals surface area (Å²) < 4.78 is 13.3. The monoisotopic (exact) mass is 218 g/mol. The van der Waals surface area contributed by atoms with Gasteiger partial charge >= 0.3 is 0 Å². The molecule has 0 fully saturated rings. The average Bonchev–Trinajstić information content (AvgIpc) is 1.98. The molecule has 5 heteroatoms. The third-order valence-corrected chi connectivity index (χ3v) is 1.46. The van der Waals surface area contributed by atoms with Gasteiger partial charge in [-0.1, -0.05) is 5.16 Å². The summed E-state index contributed by atoms with van der Waals surface area (Å²) >= 11 is 3.09. The van der Waals surface area contributed by atoms with Gasteiger partial charge in [0, 0.05) is 10.7 Å². The number of nitrogens with zero attached hydrogens (tertiary/aromatic N) is 2. The highest BCUT2D eigenvalue weighted by atomic mass is 79.9. The predicted octanol–water partition coefficient (Wildman–Crippen LogP) is 1.79. The third-order valence-electron chi connectivity index (χ3n) is 1.03. The minimum Gasteiger partial charge on any atom is -0.411 e. The van der Waals surface area contributed by atoms with Crippen molar-refractivity contribution in [1.82, 2.24) is 4.98 Å². The first-order valence-corrected chi connectivity index (χ1v) is 3.52. The third kappa shape index (κ3) is 1.98. The minimum atomic E-state index is -0.661. The van der Waals surface area contributed by atoms with E-state index in [-0.39, 0.29) is 5.56 Å². The Morgan fingerprint density at radius 2 is 2.45 bits per heavy atom. The van der Waals surface area contributed by atoms with E-state index < -0.39 is 5.95 Å². The molecule has 0 radical (unpaired) electrons. The summed E-state index contributed by atoms with van der Waals surface area (Å²) in [5.41, 5.74) is 0.141. The summed E-state index contributed by atoms with van der Waals surface area (Å²) in [4.78, 5) is 3.38. The molecular weight excluding hydrogens is 215 g/mol. The van der Waals surface area contributed by atoms with Crippen LogP contribution in [-0.4, -0.2) is 16.4 Å². The Morgan fingerprint density at radius 1 is 1.73 bits per heavy atom. The summed E-state index contributed by atoms with van der Waals surface area (Å²) in [7, 11) is 0. The summed E-state index contributed by atoms with van der Waals surface area (Å²) in [6, 6.07) is 1.46. The van der Waals surface area contributed by atoms with E-state index in [0.717, 1.165) is 6.21 Å². The molecule has 58 valence electrons. The second kappa shape index (κ2) is 3.43. The maximum absolute atomic E-state index is 12.6. The van der Waals surface area contributed by atoms with Crippen molar-refractivity contribution < 1.29 is 9.60 Å². The van der Waals surface area contributed by atoms with Crippen LogP contribution in [0.1, 0.15) is 5.56 Å². The molecule has 0 unspecified atom stereocenters. The highest BCUT2D eigenvalue weighted by Crippen LogP contribution is 2.10. The quantitative estimate of drug-likeness (QED) is 0.338. The van der Waals surface area contributed by atoms with E-state index >= 15 is 0 Å². The molecule has 11 heavy (non-hydrogen) atoms. The molecule has 1 heterocycles. The second-order valence-electron chi connectivity index (χ2n) is 1.78. The van der Waals surface area contributed by atoms with Crippen molar-refractivity contribution in [3.8, 4) is 0 Å².